The van der Waals surface area contributed by atoms with Crippen LogP contribution in [0.4, 0.5) is 0 Å². The minimum absolute atomic E-state index is 0.0466. The number of carbonyl (C=O) groups is 1. The second-order valence-corrected chi connectivity index (χ2v) is 8.45. The van der Waals surface area contributed by atoms with Crippen molar-refractivity contribution in [2.75, 3.05) is 7.05 Å². The molecule has 0 radical (unpaired) electrons. The van der Waals surface area contributed by atoms with Crippen LogP contribution in [0, 0.1) is 12.3 Å². The maximum absolute atomic E-state index is 13.0. The van der Waals surface area contributed by atoms with Crippen LogP contribution >= 0.6 is 0 Å². The van der Waals surface area contributed by atoms with E-state index in [-0.39, 0.29) is 17.9 Å². The Morgan fingerprint density at radius 1 is 1.27 bits per heavy atom. The highest BCUT2D eigenvalue weighted by molar-refractivity contribution is 5.99. The summed E-state index contributed by atoms with van der Waals surface area (Å²) in [5.74, 6) is -0.0412. The average molecular weight is 404 g/mol. The van der Waals surface area contributed by atoms with Crippen molar-refractivity contribution in [3.05, 3.63) is 69.8 Å². The lowest BCUT2D eigenvalue weighted by atomic mass is 9.94. The van der Waals surface area contributed by atoms with Crippen LogP contribution in [0.2, 0.25) is 0 Å². The van der Waals surface area contributed by atoms with Crippen molar-refractivity contribution < 1.29 is 9.90 Å². The average Bonchev–Trinajstić information content (AvgIpc) is 3.30. The molecule has 5 heteroatoms. The van der Waals surface area contributed by atoms with Gasteiger partial charge in [0.05, 0.1) is 18.1 Å². The first-order valence-corrected chi connectivity index (χ1v) is 10.6. The second kappa shape index (κ2) is 8.52. The van der Waals surface area contributed by atoms with Gasteiger partial charge in [0.2, 0.25) is 0 Å². The number of fused-ring (bicyclic) bond motifs is 1. The van der Waals surface area contributed by atoms with Gasteiger partial charge in [-0.05, 0) is 66.5 Å². The summed E-state index contributed by atoms with van der Waals surface area (Å²) in [4.78, 5) is 18.9. The molecular formula is C25H29N3O2. The Hall–Kier alpha value is -2.79. The van der Waals surface area contributed by atoms with Crippen LogP contribution in [0.1, 0.15) is 63.4 Å². The van der Waals surface area contributed by atoms with E-state index in [9.17, 15) is 9.90 Å². The molecule has 1 fully saturated rings. The predicted molar refractivity (Wildman–Crippen MR) is 120 cm³/mol. The Balaban J connectivity index is 1.54. The van der Waals surface area contributed by atoms with Gasteiger partial charge in [-0.15, -0.1) is 0 Å². The number of carbonyl (C=O) groups excluding carboxylic acids is 1. The van der Waals surface area contributed by atoms with Gasteiger partial charge in [-0.1, -0.05) is 30.3 Å². The van der Waals surface area contributed by atoms with Gasteiger partial charge in [-0.25, -0.2) is 0 Å². The van der Waals surface area contributed by atoms with E-state index in [0.29, 0.717) is 6.54 Å². The lowest BCUT2D eigenvalue weighted by Crippen LogP contribution is -2.40. The first-order chi connectivity index (χ1) is 14.5. The maximum Gasteiger partial charge on any atom is 0.254 e. The van der Waals surface area contributed by atoms with Crippen molar-refractivity contribution in [1.29, 1.82) is 5.41 Å². The molecule has 156 valence electrons. The molecule has 1 heterocycles. The monoisotopic (exact) mass is 403 g/mol. The van der Waals surface area contributed by atoms with Crippen LogP contribution in [0.5, 0.6) is 0 Å². The van der Waals surface area contributed by atoms with E-state index < -0.39 is 6.10 Å². The zero-order valence-corrected chi connectivity index (χ0v) is 17.6. The van der Waals surface area contributed by atoms with Crippen LogP contribution in [0.3, 0.4) is 0 Å². The summed E-state index contributed by atoms with van der Waals surface area (Å²) in [6, 6.07) is 12.4. The molecule has 0 aromatic heterocycles. The Kier molecular flexibility index (Phi) is 5.82. The quantitative estimate of drug-likeness (QED) is 0.718. The zero-order valence-electron chi connectivity index (χ0n) is 17.6. The number of amides is 1. The van der Waals surface area contributed by atoms with E-state index >= 15 is 0 Å². The van der Waals surface area contributed by atoms with Gasteiger partial charge in [-0.2, -0.15) is 0 Å². The number of rotatable bonds is 6. The van der Waals surface area contributed by atoms with Crippen LogP contribution in [-0.4, -0.2) is 47.5 Å². The topological polar surface area (TPSA) is 76.8 Å². The van der Waals surface area contributed by atoms with Crippen molar-refractivity contribution >= 4 is 18.3 Å². The fraction of sp³-hybridized carbons (Fsp3) is 0.400. The first-order valence-electron chi connectivity index (χ1n) is 10.6. The minimum atomic E-state index is -0.398. The summed E-state index contributed by atoms with van der Waals surface area (Å²) in [5, 5.41) is 17.8. The third-order valence-electron chi connectivity index (χ3n) is 6.49. The standard InChI is InChI=1S/C25H29N3O2/c1-16-10-20-15-28(23-4-3-5-24(23)29)25(30)22(20)12-19(16)11-17-6-8-18(9-7-17)21(13-26)14-27-2/h6-10,12-14,21,23-24,26,29H,3-5,11,15H2,1-2H3. The second-order valence-electron chi connectivity index (χ2n) is 8.45. The Labute approximate surface area is 178 Å². The van der Waals surface area contributed by atoms with Gasteiger partial charge >= 0.3 is 0 Å². The molecule has 1 amide bonds. The Bertz CT molecular complexity index is 981. The van der Waals surface area contributed by atoms with Crippen molar-refractivity contribution in [3.63, 3.8) is 0 Å². The van der Waals surface area contributed by atoms with E-state index in [4.69, 9.17) is 5.41 Å². The molecule has 3 atom stereocenters. The molecule has 0 saturated heterocycles. The van der Waals surface area contributed by atoms with Crippen molar-refractivity contribution in [1.82, 2.24) is 4.90 Å². The van der Waals surface area contributed by atoms with Crippen LogP contribution in [0.15, 0.2) is 41.4 Å². The van der Waals surface area contributed by atoms with Crippen LogP contribution < -0.4 is 0 Å². The number of nitrogens with zero attached hydrogens (tertiary/aromatic N) is 2. The molecular weight excluding hydrogens is 374 g/mol. The summed E-state index contributed by atoms with van der Waals surface area (Å²) in [6.07, 6.45) is 6.18. The minimum Gasteiger partial charge on any atom is -0.391 e. The Morgan fingerprint density at radius 3 is 2.67 bits per heavy atom. The normalized spacial score (nSPS) is 22.0. The molecule has 2 aromatic carbocycles. The molecule has 1 aliphatic carbocycles. The molecule has 2 aromatic rings. The van der Waals surface area contributed by atoms with E-state index in [1.165, 1.54) is 17.3 Å². The zero-order chi connectivity index (χ0) is 21.3. The van der Waals surface area contributed by atoms with Gasteiger partial charge in [0.15, 0.2) is 0 Å². The predicted octanol–water partition coefficient (Wildman–Crippen LogP) is 3.89. The molecule has 5 nitrogen and oxygen atoms in total. The largest absolute Gasteiger partial charge is 0.391 e. The lowest BCUT2D eigenvalue weighted by Gasteiger charge is -2.26. The summed E-state index contributed by atoms with van der Waals surface area (Å²) >= 11 is 0. The Morgan fingerprint density at radius 2 is 2.03 bits per heavy atom. The first kappa shape index (κ1) is 20.5. The maximum atomic E-state index is 13.0. The number of benzene rings is 2. The molecule has 0 bridgehead atoms. The smallest absolute Gasteiger partial charge is 0.254 e. The highest BCUT2D eigenvalue weighted by Crippen LogP contribution is 2.33. The van der Waals surface area contributed by atoms with Gasteiger partial charge < -0.3 is 15.4 Å². The van der Waals surface area contributed by atoms with Crippen molar-refractivity contribution in [2.45, 2.75) is 57.2 Å². The number of aliphatic hydroxyl groups is 1. The number of aryl methyl sites for hydroxylation is 1. The molecule has 1 aliphatic heterocycles. The summed E-state index contributed by atoms with van der Waals surface area (Å²) < 4.78 is 0. The van der Waals surface area contributed by atoms with Gasteiger partial charge in [0.25, 0.3) is 5.91 Å². The molecule has 2 aliphatic rings. The van der Waals surface area contributed by atoms with Crippen molar-refractivity contribution in [3.8, 4) is 0 Å². The molecule has 0 spiro atoms. The number of hydrogen-bond acceptors (Lipinski definition) is 4. The number of aliphatic imine (C=N–C) groups is 1. The van der Waals surface area contributed by atoms with Crippen LogP contribution in [-0.2, 0) is 13.0 Å². The third-order valence-corrected chi connectivity index (χ3v) is 6.49. The summed E-state index contributed by atoms with van der Waals surface area (Å²) in [7, 11) is 1.72. The SMILES string of the molecule is CN=CC(C=N)c1ccc(Cc2cc3c(cc2C)CN(C2CCCC2O)C3=O)cc1. The third kappa shape index (κ3) is 3.82. The fourth-order valence-corrected chi connectivity index (χ4v) is 4.76. The van der Waals surface area contributed by atoms with Gasteiger partial charge in [0, 0.05) is 31.6 Å². The molecule has 2 N–H and O–H groups in total. The summed E-state index contributed by atoms with van der Waals surface area (Å²) in [6.45, 7) is 2.71. The van der Waals surface area contributed by atoms with Gasteiger partial charge in [0.1, 0.15) is 0 Å². The van der Waals surface area contributed by atoms with E-state index in [2.05, 4.69) is 30.1 Å². The van der Waals surface area contributed by atoms with Gasteiger partial charge in [-0.3, -0.25) is 9.79 Å². The lowest BCUT2D eigenvalue weighted by molar-refractivity contribution is 0.0479. The highest BCUT2D eigenvalue weighted by atomic mass is 16.3. The molecule has 1 saturated carbocycles. The van der Waals surface area contributed by atoms with Crippen LogP contribution in [0.25, 0.3) is 0 Å². The number of aliphatic hydroxyl groups excluding tert-OH is 1. The molecule has 4 rings (SSSR count). The fourth-order valence-electron chi connectivity index (χ4n) is 4.76. The van der Waals surface area contributed by atoms with E-state index in [1.54, 1.807) is 13.3 Å². The number of nitrogens with one attached hydrogen (secondary N) is 1. The van der Waals surface area contributed by atoms with E-state index in [1.807, 2.05) is 23.1 Å². The van der Waals surface area contributed by atoms with Crippen molar-refractivity contribution in [2.24, 2.45) is 4.99 Å². The van der Waals surface area contributed by atoms with E-state index in [0.717, 1.165) is 47.9 Å². The highest BCUT2D eigenvalue weighted by Gasteiger charge is 2.38. The number of hydrogen-bond donors (Lipinski definition) is 2. The summed E-state index contributed by atoms with van der Waals surface area (Å²) in [5.41, 5.74) is 6.42. The molecule has 3 unspecified atom stereocenters. The molecule has 30 heavy (non-hydrogen) atoms.